The van der Waals surface area contributed by atoms with Crippen LogP contribution in [0.2, 0.25) is 0 Å². The summed E-state index contributed by atoms with van der Waals surface area (Å²) in [6.07, 6.45) is 0. The van der Waals surface area contributed by atoms with Gasteiger partial charge in [0.15, 0.2) is 0 Å². The van der Waals surface area contributed by atoms with Crippen molar-refractivity contribution in [2.75, 3.05) is 25.4 Å². The topological polar surface area (TPSA) is 93.3 Å². The fourth-order valence-corrected chi connectivity index (χ4v) is 1.82. The molecule has 7 N–H and O–H groups in total. The third-order valence-corrected chi connectivity index (χ3v) is 2.85. The van der Waals surface area contributed by atoms with Crippen LogP contribution >= 0.6 is 0 Å². The molecule has 1 saturated heterocycles. The van der Waals surface area contributed by atoms with Gasteiger partial charge in [0.2, 0.25) is 0 Å². The number of rotatable bonds is 1. The van der Waals surface area contributed by atoms with E-state index in [0.29, 0.717) is 6.54 Å². The minimum Gasteiger partial charge on any atom is -0.399 e. The molecule has 2 rings (SSSR count). The van der Waals surface area contributed by atoms with Gasteiger partial charge in [-0.1, -0.05) is 12.1 Å². The van der Waals surface area contributed by atoms with Gasteiger partial charge < -0.3 is 16.8 Å². The lowest BCUT2D eigenvalue weighted by Crippen LogP contribution is -2.66. The lowest BCUT2D eigenvalue weighted by Gasteiger charge is -2.42. The fraction of sp³-hybridized carbons (Fsp3) is 0.400. The molecule has 1 heterocycles. The van der Waals surface area contributed by atoms with E-state index in [1.807, 2.05) is 24.3 Å². The summed E-state index contributed by atoms with van der Waals surface area (Å²) in [7, 11) is 0. The highest BCUT2D eigenvalue weighted by Gasteiger charge is 2.34. The van der Waals surface area contributed by atoms with Gasteiger partial charge in [-0.3, -0.25) is 5.84 Å². The molecular weight excluding hydrogens is 190 g/mol. The second-order valence-electron chi connectivity index (χ2n) is 3.92. The maximum Gasteiger partial charge on any atom is 0.120 e. The molecule has 1 aliphatic heterocycles. The van der Waals surface area contributed by atoms with Crippen molar-refractivity contribution in [3.63, 3.8) is 0 Å². The van der Waals surface area contributed by atoms with Gasteiger partial charge in [-0.15, -0.1) is 0 Å². The van der Waals surface area contributed by atoms with E-state index in [1.165, 1.54) is 0 Å². The summed E-state index contributed by atoms with van der Waals surface area (Å²) in [6, 6.07) is 7.52. The van der Waals surface area contributed by atoms with E-state index >= 15 is 0 Å². The molecule has 0 radical (unpaired) electrons. The summed E-state index contributed by atoms with van der Waals surface area (Å²) in [4.78, 5) is 0. The van der Waals surface area contributed by atoms with E-state index in [-0.39, 0.29) is 0 Å². The number of nitrogen functional groups attached to an aromatic ring is 1. The summed E-state index contributed by atoms with van der Waals surface area (Å²) < 4.78 is 0. The predicted octanol–water partition coefficient (Wildman–Crippen LogP) is -0.841. The Balaban J connectivity index is 2.30. The quantitative estimate of drug-likeness (QED) is 0.356. The number of hydrogen-bond donors (Lipinski definition) is 4. The van der Waals surface area contributed by atoms with Crippen molar-refractivity contribution in [3.05, 3.63) is 29.8 Å². The highest BCUT2D eigenvalue weighted by atomic mass is 15.5. The Morgan fingerprint density at radius 3 is 2.53 bits per heavy atom. The second-order valence-corrected chi connectivity index (χ2v) is 3.92. The molecule has 0 bridgehead atoms. The second kappa shape index (κ2) is 3.79. The van der Waals surface area contributed by atoms with Gasteiger partial charge in [-0.05, 0) is 17.7 Å². The number of hydrazine groups is 1. The molecular formula is C10H17N5. The first-order valence-corrected chi connectivity index (χ1v) is 5.01. The number of nitrogens with zero attached hydrogens (tertiary/aromatic N) is 1. The number of nitrogens with one attached hydrogen (secondary N) is 1. The van der Waals surface area contributed by atoms with Crippen LogP contribution in [0.5, 0.6) is 0 Å². The van der Waals surface area contributed by atoms with E-state index in [1.54, 1.807) is 5.01 Å². The summed E-state index contributed by atoms with van der Waals surface area (Å²) >= 11 is 0. The van der Waals surface area contributed by atoms with Gasteiger partial charge in [0.1, 0.15) is 5.66 Å². The van der Waals surface area contributed by atoms with Gasteiger partial charge in [0.25, 0.3) is 0 Å². The summed E-state index contributed by atoms with van der Waals surface area (Å²) in [5, 5.41) is 4.92. The predicted molar refractivity (Wildman–Crippen MR) is 60.5 cm³/mol. The van der Waals surface area contributed by atoms with Crippen molar-refractivity contribution in [1.29, 1.82) is 0 Å². The van der Waals surface area contributed by atoms with E-state index in [9.17, 15) is 0 Å². The number of anilines is 1. The number of benzene rings is 1. The van der Waals surface area contributed by atoms with Crippen molar-refractivity contribution in [2.24, 2.45) is 11.6 Å². The van der Waals surface area contributed by atoms with Gasteiger partial charge in [0.05, 0.1) is 0 Å². The number of nitrogens with two attached hydrogens (primary N) is 3. The molecule has 0 spiro atoms. The maximum atomic E-state index is 6.27. The van der Waals surface area contributed by atoms with Crippen molar-refractivity contribution >= 4 is 5.69 Å². The zero-order chi connectivity index (χ0) is 10.9. The molecule has 15 heavy (non-hydrogen) atoms. The Morgan fingerprint density at radius 1 is 1.27 bits per heavy atom. The average molecular weight is 207 g/mol. The Hall–Kier alpha value is -1.14. The van der Waals surface area contributed by atoms with Crippen LogP contribution in [0.15, 0.2) is 24.3 Å². The molecule has 1 aromatic rings. The molecule has 1 unspecified atom stereocenters. The van der Waals surface area contributed by atoms with Crippen molar-refractivity contribution in [1.82, 2.24) is 10.3 Å². The normalized spacial score (nSPS) is 27.9. The van der Waals surface area contributed by atoms with Crippen LogP contribution in [-0.4, -0.2) is 24.6 Å². The molecule has 0 amide bonds. The molecule has 0 aliphatic carbocycles. The molecule has 0 aromatic heterocycles. The summed E-state index contributed by atoms with van der Waals surface area (Å²) in [5.41, 5.74) is 13.0. The first-order chi connectivity index (χ1) is 7.13. The largest absolute Gasteiger partial charge is 0.399 e. The molecule has 1 aromatic carbocycles. The molecule has 1 fully saturated rings. The van der Waals surface area contributed by atoms with Gasteiger partial charge >= 0.3 is 0 Å². The standard InChI is InChI=1S/C10H17N5/c11-9-3-1-8(2-4-9)10(12)7-14-5-6-15(10)13/h1-4,14H,5-7,11-13H2. The first-order valence-electron chi connectivity index (χ1n) is 5.01. The van der Waals surface area contributed by atoms with Crippen LogP contribution in [-0.2, 0) is 5.66 Å². The van der Waals surface area contributed by atoms with Crippen LogP contribution in [0.1, 0.15) is 5.56 Å². The molecule has 1 aliphatic rings. The summed E-state index contributed by atoms with van der Waals surface area (Å²) in [6.45, 7) is 2.25. The zero-order valence-corrected chi connectivity index (χ0v) is 8.61. The lowest BCUT2D eigenvalue weighted by atomic mass is 9.97. The third-order valence-electron chi connectivity index (χ3n) is 2.85. The minimum atomic E-state index is -0.633. The van der Waals surface area contributed by atoms with Gasteiger partial charge in [-0.25, -0.2) is 5.01 Å². The van der Waals surface area contributed by atoms with Crippen LogP contribution < -0.4 is 22.6 Å². The summed E-state index contributed by atoms with van der Waals surface area (Å²) in [5.74, 6) is 5.92. The monoisotopic (exact) mass is 207 g/mol. The van der Waals surface area contributed by atoms with Gasteiger partial charge in [0, 0.05) is 25.3 Å². The SMILES string of the molecule is Nc1ccc(C2(N)CNCCN2N)cc1. The van der Waals surface area contributed by atoms with Crippen LogP contribution in [0.4, 0.5) is 5.69 Å². The highest BCUT2D eigenvalue weighted by molar-refractivity contribution is 5.41. The van der Waals surface area contributed by atoms with E-state index < -0.39 is 5.66 Å². The Kier molecular flexibility index (Phi) is 2.62. The highest BCUT2D eigenvalue weighted by Crippen LogP contribution is 2.22. The van der Waals surface area contributed by atoms with Crippen molar-refractivity contribution < 1.29 is 0 Å². The molecule has 5 heteroatoms. The fourth-order valence-electron chi connectivity index (χ4n) is 1.82. The molecule has 1 atom stereocenters. The smallest absolute Gasteiger partial charge is 0.120 e. The first kappa shape index (κ1) is 10.4. The van der Waals surface area contributed by atoms with Crippen LogP contribution in [0.3, 0.4) is 0 Å². The van der Waals surface area contributed by atoms with Crippen LogP contribution in [0.25, 0.3) is 0 Å². The van der Waals surface area contributed by atoms with E-state index in [4.69, 9.17) is 17.3 Å². The average Bonchev–Trinajstić information content (AvgIpc) is 2.23. The number of piperazine rings is 1. The zero-order valence-electron chi connectivity index (χ0n) is 8.61. The van der Waals surface area contributed by atoms with Gasteiger partial charge in [-0.2, -0.15) is 0 Å². The molecule has 5 nitrogen and oxygen atoms in total. The van der Waals surface area contributed by atoms with Crippen molar-refractivity contribution in [3.8, 4) is 0 Å². The lowest BCUT2D eigenvalue weighted by molar-refractivity contribution is 0.0623. The molecule has 82 valence electrons. The maximum absolute atomic E-state index is 6.27. The van der Waals surface area contributed by atoms with E-state index in [2.05, 4.69) is 5.32 Å². The Morgan fingerprint density at radius 2 is 1.93 bits per heavy atom. The number of hydrogen-bond acceptors (Lipinski definition) is 5. The van der Waals surface area contributed by atoms with Crippen LogP contribution in [0, 0.1) is 0 Å². The molecule has 0 saturated carbocycles. The third kappa shape index (κ3) is 1.82. The van der Waals surface area contributed by atoms with Crippen molar-refractivity contribution in [2.45, 2.75) is 5.66 Å². The Labute approximate surface area is 89.2 Å². The minimum absolute atomic E-state index is 0.633. The Bertz CT molecular complexity index is 336. The van der Waals surface area contributed by atoms with E-state index in [0.717, 1.165) is 24.3 Å².